The summed E-state index contributed by atoms with van der Waals surface area (Å²) in [6.45, 7) is 3.53. The van der Waals surface area contributed by atoms with E-state index in [1.54, 1.807) is 13.0 Å². The largest absolute Gasteiger partial charge is 0.478 e. The van der Waals surface area contributed by atoms with E-state index in [1.165, 1.54) is 18.2 Å². The fourth-order valence-corrected chi connectivity index (χ4v) is 2.32. The van der Waals surface area contributed by atoms with E-state index in [2.05, 4.69) is 0 Å². The zero-order chi connectivity index (χ0) is 16.6. The number of rotatable bonds is 3. The number of anilines is 2. The Bertz CT molecular complexity index is 797. The molecular weight excluding hydrogens is 284 g/mol. The van der Waals surface area contributed by atoms with Crippen molar-refractivity contribution < 1.29 is 19.8 Å². The first-order chi connectivity index (χ1) is 10.2. The highest BCUT2D eigenvalue weighted by Crippen LogP contribution is 2.35. The van der Waals surface area contributed by atoms with E-state index in [9.17, 15) is 14.7 Å². The van der Waals surface area contributed by atoms with Crippen molar-refractivity contribution in [3.05, 3.63) is 46.5 Å². The highest BCUT2D eigenvalue weighted by Gasteiger charge is 2.18. The van der Waals surface area contributed by atoms with E-state index in [1.807, 2.05) is 6.92 Å². The molecule has 0 saturated carbocycles. The van der Waals surface area contributed by atoms with Gasteiger partial charge in [-0.3, -0.25) is 0 Å². The normalized spacial score (nSPS) is 10.5. The number of carbonyl (C=O) groups is 2. The van der Waals surface area contributed by atoms with Crippen molar-refractivity contribution in [1.29, 1.82) is 0 Å². The van der Waals surface area contributed by atoms with Crippen LogP contribution >= 0.6 is 0 Å². The van der Waals surface area contributed by atoms with Crippen LogP contribution in [0.25, 0.3) is 11.1 Å². The van der Waals surface area contributed by atoms with E-state index in [-0.39, 0.29) is 22.5 Å². The van der Waals surface area contributed by atoms with E-state index < -0.39 is 11.9 Å². The second-order valence-electron chi connectivity index (χ2n) is 5.06. The molecule has 6 nitrogen and oxygen atoms in total. The van der Waals surface area contributed by atoms with Crippen LogP contribution in [0.1, 0.15) is 31.8 Å². The molecule has 0 aliphatic heterocycles. The Morgan fingerprint density at radius 1 is 0.909 bits per heavy atom. The molecule has 0 aliphatic rings. The summed E-state index contributed by atoms with van der Waals surface area (Å²) >= 11 is 0. The summed E-state index contributed by atoms with van der Waals surface area (Å²) in [5.74, 6) is -2.24. The molecule has 0 spiro atoms. The fourth-order valence-electron chi connectivity index (χ4n) is 2.32. The van der Waals surface area contributed by atoms with Gasteiger partial charge in [0.25, 0.3) is 0 Å². The van der Waals surface area contributed by atoms with Gasteiger partial charge in [-0.25, -0.2) is 9.59 Å². The van der Waals surface area contributed by atoms with Crippen molar-refractivity contribution in [3.63, 3.8) is 0 Å². The maximum Gasteiger partial charge on any atom is 0.337 e. The number of hydrogen-bond donors (Lipinski definition) is 4. The molecule has 0 fully saturated rings. The number of carboxylic acid groups (broad SMARTS) is 2. The number of benzene rings is 2. The topological polar surface area (TPSA) is 127 Å². The second kappa shape index (κ2) is 5.40. The van der Waals surface area contributed by atoms with Crippen LogP contribution in [0.4, 0.5) is 11.4 Å². The lowest BCUT2D eigenvalue weighted by atomic mass is 9.91. The number of aryl methyl sites for hydroxylation is 1. The van der Waals surface area contributed by atoms with Gasteiger partial charge in [0, 0.05) is 0 Å². The molecule has 0 saturated heterocycles. The first-order valence-electron chi connectivity index (χ1n) is 6.50. The lowest BCUT2D eigenvalue weighted by Crippen LogP contribution is -2.08. The molecule has 22 heavy (non-hydrogen) atoms. The maximum absolute atomic E-state index is 11.3. The Kier molecular flexibility index (Phi) is 3.77. The van der Waals surface area contributed by atoms with Crippen molar-refractivity contribution in [1.82, 2.24) is 0 Å². The average molecular weight is 300 g/mol. The van der Waals surface area contributed by atoms with Crippen molar-refractivity contribution >= 4 is 23.3 Å². The molecule has 6 heteroatoms. The Balaban J connectivity index is 2.80. The highest BCUT2D eigenvalue weighted by molar-refractivity contribution is 6.01. The van der Waals surface area contributed by atoms with Gasteiger partial charge in [-0.2, -0.15) is 0 Å². The SMILES string of the molecule is Cc1ccc(C(=O)O)cc1-c1cc(C(=O)O)c(N)c(N)c1C. The molecule has 0 heterocycles. The van der Waals surface area contributed by atoms with Gasteiger partial charge in [0.15, 0.2) is 0 Å². The van der Waals surface area contributed by atoms with E-state index in [0.29, 0.717) is 16.7 Å². The lowest BCUT2D eigenvalue weighted by molar-refractivity contribution is 0.0686. The third-order valence-corrected chi connectivity index (χ3v) is 3.68. The van der Waals surface area contributed by atoms with Gasteiger partial charge < -0.3 is 21.7 Å². The summed E-state index contributed by atoms with van der Waals surface area (Å²) in [6.07, 6.45) is 0. The van der Waals surface area contributed by atoms with Crippen LogP contribution in [0.2, 0.25) is 0 Å². The molecule has 0 atom stereocenters. The molecule has 0 unspecified atom stereocenters. The fraction of sp³-hybridized carbons (Fsp3) is 0.125. The van der Waals surface area contributed by atoms with E-state index in [4.69, 9.17) is 16.6 Å². The number of nitrogen functional groups attached to an aromatic ring is 2. The molecule has 0 aliphatic carbocycles. The van der Waals surface area contributed by atoms with Gasteiger partial charge in [0.1, 0.15) is 0 Å². The van der Waals surface area contributed by atoms with Crippen LogP contribution in [-0.2, 0) is 0 Å². The Morgan fingerprint density at radius 2 is 1.55 bits per heavy atom. The summed E-state index contributed by atoms with van der Waals surface area (Å²) in [6, 6.07) is 6.10. The van der Waals surface area contributed by atoms with Crippen LogP contribution in [0, 0.1) is 13.8 Å². The second-order valence-corrected chi connectivity index (χ2v) is 5.06. The monoisotopic (exact) mass is 300 g/mol. The van der Waals surface area contributed by atoms with Gasteiger partial charge in [-0.05, 0) is 54.3 Å². The number of carboxylic acids is 2. The molecule has 114 valence electrons. The van der Waals surface area contributed by atoms with Crippen LogP contribution in [0.5, 0.6) is 0 Å². The third kappa shape index (κ3) is 2.46. The summed E-state index contributed by atoms with van der Waals surface area (Å²) in [7, 11) is 0. The van der Waals surface area contributed by atoms with E-state index in [0.717, 1.165) is 5.56 Å². The van der Waals surface area contributed by atoms with Gasteiger partial charge >= 0.3 is 11.9 Å². The smallest absolute Gasteiger partial charge is 0.337 e. The molecule has 0 amide bonds. The highest BCUT2D eigenvalue weighted by atomic mass is 16.4. The predicted octanol–water partition coefficient (Wildman–Crippen LogP) is 2.53. The summed E-state index contributed by atoms with van der Waals surface area (Å²) in [5.41, 5.74) is 14.5. The molecule has 0 radical (unpaired) electrons. The van der Waals surface area contributed by atoms with Crippen LogP contribution in [0.3, 0.4) is 0 Å². The van der Waals surface area contributed by atoms with Crippen molar-refractivity contribution in [3.8, 4) is 11.1 Å². The molecular formula is C16H16N2O4. The molecule has 2 aromatic carbocycles. The standard InChI is InChI=1S/C16H16N2O4/c1-7-3-4-9(15(19)20)5-10(7)11-6-12(16(21)22)14(18)13(17)8(11)2/h3-6H,17-18H2,1-2H3,(H,19,20)(H,21,22). The van der Waals surface area contributed by atoms with Crippen LogP contribution < -0.4 is 11.5 Å². The summed E-state index contributed by atoms with van der Waals surface area (Å²) in [4.78, 5) is 22.4. The number of nitrogens with two attached hydrogens (primary N) is 2. The molecule has 0 bridgehead atoms. The number of aromatic carboxylic acids is 2. The first-order valence-corrected chi connectivity index (χ1v) is 6.50. The van der Waals surface area contributed by atoms with Gasteiger partial charge in [-0.15, -0.1) is 0 Å². The lowest BCUT2D eigenvalue weighted by Gasteiger charge is -2.16. The Morgan fingerprint density at radius 3 is 2.09 bits per heavy atom. The van der Waals surface area contributed by atoms with Gasteiger partial charge in [-0.1, -0.05) is 6.07 Å². The average Bonchev–Trinajstić information content (AvgIpc) is 2.45. The molecule has 0 aromatic heterocycles. The maximum atomic E-state index is 11.3. The van der Waals surface area contributed by atoms with Gasteiger partial charge in [0.2, 0.25) is 0 Å². The minimum absolute atomic E-state index is 0.0146. The molecule has 6 N–H and O–H groups in total. The van der Waals surface area contributed by atoms with E-state index >= 15 is 0 Å². The minimum atomic E-state index is -1.18. The summed E-state index contributed by atoms with van der Waals surface area (Å²) < 4.78 is 0. The molecule has 2 rings (SSSR count). The quantitative estimate of drug-likeness (QED) is 0.645. The van der Waals surface area contributed by atoms with Crippen molar-refractivity contribution in [2.75, 3.05) is 11.5 Å². The van der Waals surface area contributed by atoms with Crippen LogP contribution in [0.15, 0.2) is 24.3 Å². The predicted molar refractivity (Wildman–Crippen MR) is 84.1 cm³/mol. The number of hydrogen-bond acceptors (Lipinski definition) is 4. The Labute approximate surface area is 127 Å². The zero-order valence-corrected chi connectivity index (χ0v) is 12.2. The molecule has 2 aromatic rings. The Hall–Kier alpha value is -3.02. The van der Waals surface area contributed by atoms with Crippen molar-refractivity contribution in [2.45, 2.75) is 13.8 Å². The third-order valence-electron chi connectivity index (χ3n) is 3.68. The van der Waals surface area contributed by atoms with Gasteiger partial charge in [0.05, 0.1) is 22.5 Å². The van der Waals surface area contributed by atoms with Crippen molar-refractivity contribution in [2.24, 2.45) is 0 Å². The zero-order valence-electron chi connectivity index (χ0n) is 12.2. The minimum Gasteiger partial charge on any atom is -0.478 e. The summed E-state index contributed by atoms with van der Waals surface area (Å²) in [5, 5.41) is 18.4. The first kappa shape index (κ1) is 15.4. The van der Waals surface area contributed by atoms with Crippen LogP contribution in [-0.4, -0.2) is 22.2 Å².